The minimum Gasteiger partial charge on any atom is -0.497 e. The van der Waals surface area contributed by atoms with Gasteiger partial charge in [-0.25, -0.2) is 4.98 Å². The lowest BCUT2D eigenvalue weighted by Gasteiger charge is -2.36. The average Bonchev–Trinajstić information content (AvgIpc) is 3.17. The summed E-state index contributed by atoms with van der Waals surface area (Å²) in [5, 5.41) is 1.08. The number of primary amides is 1. The van der Waals surface area contributed by atoms with Crippen LogP contribution in [-0.2, 0) is 9.53 Å². The van der Waals surface area contributed by atoms with Crippen LogP contribution in [0.25, 0.3) is 10.9 Å². The number of nitrogens with zero attached hydrogens (tertiary/aromatic N) is 2. The number of carbonyl (C=O) groups excluding carboxylic acids is 1. The van der Waals surface area contributed by atoms with Crippen molar-refractivity contribution in [3.8, 4) is 5.75 Å². The summed E-state index contributed by atoms with van der Waals surface area (Å²) in [6.45, 7) is 2.49. The summed E-state index contributed by atoms with van der Waals surface area (Å²) < 4.78 is 11.1. The van der Waals surface area contributed by atoms with Gasteiger partial charge >= 0.3 is 0 Å². The topological polar surface area (TPSA) is 77.7 Å². The molecule has 0 spiro atoms. The van der Waals surface area contributed by atoms with Gasteiger partial charge in [0.15, 0.2) is 0 Å². The SMILES string of the molecule is COc1ccc2nc(N3CCC([C@H]4OCC[C@@H]4C(N)=O)CC3)ccc2c1. The first kappa shape index (κ1) is 17.1. The average molecular weight is 355 g/mol. The smallest absolute Gasteiger partial charge is 0.223 e. The van der Waals surface area contributed by atoms with Crippen molar-refractivity contribution in [2.45, 2.75) is 25.4 Å². The minimum atomic E-state index is -0.221. The standard InChI is InChI=1S/C20H25N3O3/c1-25-15-3-4-17-14(12-15)2-5-18(22-17)23-9-6-13(7-10-23)19-16(20(21)24)8-11-26-19/h2-5,12-13,16,19H,6-11H2,1H3,(H2,21,24)/t16-,19+/m0/s1. The number of anilines is 1. The van der Waals surface area contributed by atoms with Gasteiger partial charge in [0.05, 0.1) is 24.6 Å². The summed E-state index contributed by atoms with van der Waals surface area (Å²) in [7, 11) is 1.67. The summed E-state index contributed by atoms with van der Waals surface area (Å²) in [5.41, 5.74) is 6.51. The molecule has 0 aliphatic carbocycles. The summed E-state index contributed by atoms with van der Waals surface area (Å²) in [5.74, 6) is 1.89. The quantitative estimate of drug-likeness (QED) is 0.911. The molecule has 6 nitrogen and oxygen atoms in total. The molecule has 6 heteroatoms. The largest absolute Gasteiger partial charge is 0.497 e. The third-order valence-corrected chi connectivity index (χ3v) is 5.71. The van der Waals surface area contributed by atoms with E-state index in [9.17, 15) is 4.79 Å². The van der Waals surface area contributed by atoms with Gasteiger partial charge in [-0.15, -0.1) is 0 Å². The molecule has 2 aliphatic rings. The maximum Gasteiger partial charge on any atom is 0.223 e. The van der Waals surface area contributed by atoms with E-state index in [1.807, 2.05) is 18.2 Å². The molecule has 2 aromatic rings. The molecule has 1 aromatic carbocycles. The zero-order valence-electron chi connectivity index (χ0n) is 15.1. The normalized spacial score (nSPS) is 24.1. The maximum absolute atomic E-state index is 11.6. The Morgan fingerprint density at radius 2 is 2.04 bits per heavy atom. The zero-order chi connectivity index (χ0) is 18.1. The van der Waals surface area contributed by atoms with E-state index in [1.165, 1.54) is 0 Å². The van der Waals surface area contributed by atoms with Crippen molar-refractivity contribution in [2.24, 2.45) is 17.6 Å². The van der Waals surface area contributed by atoms with Crippen LogP contribution in [-0.4, -0.2) is 43.8 Å². The Morgan fingerprint density at radius 3 is 2.77 bits per heavy atom. The Hall–Kier alpha value is -2.34. The first-order valence-corrected chi connectivity index (χ1v) is 9.26. The number of ether oxygens (including phenoxy) is 2. The number of aromatic nitrogens is 1. The molecule has 1 amide bonds. The first-order chi connectivity index (χ1) is 12.7. The number of rotatable bonds is 4. The van der Waals surface area contributed by atoms with Gasteiger partial charge in [-0.2, -0.15) is 0 Å². The second kappa shape index (κ2) is 7.11. The number of hydrogen-bond acceptors (Lipinski definition) is 5. The molecule has 3 heterocycles. The van der Waals surface area contributed by atoms with Crippen molar-refractivity contribution in [1.29, 1.82) is 0 Å². The number of amides is 1. The highest BCUT2D eigenvalue weighted by molar-refractivity contribution is 5.82. The molecule has 2 N–H and O–H groups in total. The maximum atomic E-state index is 11.6. The van der Waals surface area contributed by atoms with Crippen LogP contribution < -0.4 is 15.4 Å². The Balaban J connectivity index is 1.44. The van der Waals surface area contributed by atoms with Crippen molar-refractivity contribution in [3.63, 3.8) is 0 Å². The summed E-state index contributed by atoms with van der Waals surface area (Å²) >= 11 is 0. The highest BCUT2D eigenvalue weighted by Gasteiger charge is 2.39. The molecule has 2 saturated heterocycles. The van der Waals surface area contributed by atoms with Crippen LogP contribution >= 0.6 is 0 Å². The number of benzene rings is 1. The summed E-state index contributed by atoms with van der Waals surface area (Å²) in [6, 6.07) is 10.1. The number of methoxy groups -OCH3 is 1. The predicted octanol–water partition coefficient (Wildman–Crippen LogP) is 2.35. The van der Waals surface area contributed by atoms with Gasteiger partial charge in [-0.05, 0) is 55.5 Å². The lowest BCUT2D eigenvalue weighted by Crippen LogP contribution is -2.42. The first-order valence-electron chi connectivity index (χ1n) is 9.26. The fraction of sp³-hybridized carbons (Fsp3) is 0.500. The highest BCUT2D eigenvalue weighted by Crippen LogP contribution is 2.34. The van der Waals surface area contributed by atoms with Crippen molar-refractivity contribution in [1.82, 2.24) is 4.98 Å². The fourth-order valence-corrected chi connectivity index (χ4v) is 4.23. The Kier molecular flexibility index (Phi) is 4.68. The van der Waals surface area contributed by atoms with E-state index in [0.29, 0.717) is 12.5 Å². The Labute approximate surface area is 153 Å². The molecule has 2 aliphatic heterocycles. The van der Waals surface area contributed by atoms with E-state index in [2.05, 4.69) is 17.0 Å². The van der Waals surface area contributed by atoms with E-state index in [0.717, 1.165) is 54.8 Å². The van der Waals surface area contributed by atoms with Crippen molar-refractivity contribution < 1.29 is 14.3 Å². The van der Waals surface area contributed by atoms with E-state index < -0.39 is 0 Å². The molecule has 0 saturated carbocycles. The molecule has 4 rings (SSSR count). The molecule has 2 fully saturated rings. The molecule has 1 aromatic heterocycles. The van der Waals surface area contributed by atoms with Gasteiger partial charge in [0.2, 0.25) is 5.91 Å². The van der Waals surface area contributed by atoms with Crippen molar-refractivity contribution in [2.75, 3.05) is 31.7 Å². The van der Waals surface area contributed by atoms with Crippen molar-refractivity contribution >= 4 is 22.6 Å². The van der Waals surface area contributed by atoms with Gasteiger partial charge in [0.1, 0.15) is 11.6 Å². The minimum absolute atomic E-state index is 0.00771. The van der Waals surface area contributed by atoms with Gasteiger partial charge in [0, 0.05) is 25.1 Å². The fourth-order valence-electron chi connectivity index (χ4n) is 4.23. The van der Waals surface area contributed by atoms with Gasteiger partial charge < -0.3 is 20.1 Å². The number of pyridine rings is 1. The van der Waals surface area contributed by atoms with E-state index in [-0.39, 0.29) is 17.9 Å². The van der Waals surface area contributed by atoms with Crippen LogP contribution in [0, 0.1) is 11.8 Å². The van der Waals surface area contributed by atoms with Crippen LogP contribution in [0.1, 0.15) is 19.3 Å². The number of carbonyl (C=O) groups is 1. The molecule has 0 radical (unpaired) electrons. The second-order valence-electron chi connectivity index (χ2n) is 7.19. The molecular formula is C20H25N3O3. The Bertz CT molecular complexity index is 802. The lowest BCUT2D eigenvalue weighted by atomic mass is 9.84. The van der Waals surface area contributed by atoms with E-state index in [4.69, 9.17) is 20.2 Å². The van der Waals surface area contributed by atoms with Crippen LogP contribution in [0.5, 0.6) is 5.75 Å². The lowest BCUT2D eigenvalue weighted by molar-refractivity contribution is -0.124. The molecule has 2 atom stereocenters. The predicted molar refractivity (Wildman–Crippen MR) is 100 cm³/mol. The van der Waals surface area contributed by atoms with Gasteiger partial charge in [-0.1, -0.05) is 0 Å². The van der Waals surface area contributed by atoms with Crippen LogP contribution in [0.2, 0.25) is 0 Å². The van der Waals surface area contributed by atoms with Gasteiger partial charge in [-0.3, -0.25) is 4.79 Å². The van der Waals surface area contributed by atoms with Crippen LogP contribution in [0.3, 0.4) is 0 Å². The molecule has 0 bridgehead atoms. The number of piperidine rings is 1. The summed E-state index contributed by atoms with van der Waals surface area (Å²) in [4.78, 5) is 18.7. The number of fused-ring (bicyclic) bond motifs is 1. The molecule has 138 valence electrons. The van der Waals surface area contributed by atoms with Crippen LogP contribution in [0.4, 0.5) is 5.82 Å². The third kappa shape index (κ3) is 3.21. The van der Waals surface area contributed by atoms with Crippen LogP contribution in [0.15, 0.2) is 30.3 Å². The monoisotopic (exact) mass is 355 g/mol. The number of nitrogens with two attached hydrogens (primary N) is 1. The second-order valence-corrected chi connectivity index (χ2v) is 7.19. The highest BCUT2D eigenvalue weighted by atomic mass is 16.5. The molecule has 0 unspecified atom stereocenters. The van der Waals surface area contributed by atoms with Gasteiger partial charge in [0.25, 0.3) is 0 Å². The van der Waals surface area contributed by atoms with E-state index >= 15 is 0 Å². The Morgan fingerprint density at radius 1 is 1.23 bits per heavy atom. The van der Waals surface area contributed by atoms with E-state index in [1.54, 1.807) is 7.11 Å². The molecular weight excluding hydrogens is 330 g/mol. The number of hydrogen-bond donors (Lipinski definition) is 1. The molecule has 26 heavy (non-hydrogen) atoms. The summed E-state index contributed by atoms with van der Waals surface area (Å²) in [6.07, 6.45) is 2.75. The third-order valence-electron chi connectivity index (χ3n) is 5.71. The zero-order valence-corrected chi connectivity index (χ0v) is 15.1. The van der Waals surface area contributed by atoms with Crippen molar-refractivity contribution in [3.05, 3.63) is 30.3 Å².